The fourth-order valence-electron chi connectivity index (χ4n) is 3.32. The highest BCUT2D eigenvalue weighted by Gasteiger charge is 2.30. The molecular weight excluding hydrogens is 304 g/mol. The maximum Gasteiger partial charge on any atom is 0.219 e. The van der Waals surface area contributed by atoms with Gasteiger partial charge < -0.3 is 15.0 Å². The smallest absolute Gasteiger partial charge is 0.219 e. The molecule has 3 rings (SSSR count). The molecular formula is C19H24N2O3. The highest BCUT2D eigenvalue weighted by molar-refractivity contribution is 5.99. The molecule has 1 amide bonds. The third-order valence-corrected chi connectivity index (χ3v) is 4.61. The van der Waals surface area contributed by atoms with Gasteiger partial charge in [0.25, 0.3) is 0 Å². The van der Waals surface area contributed by atoms with Crippen molar-refractivity contribution in [2.75, 3.05) is 13.1 Å². The minimum Gasteiger partial charge on any atom is -0.468 e. The van der Waals surface area contributed by atoms with Gasteiger partial charge in [0.15, 0.2) is 11.5 Å². The Hall–Kier alpha value is -2.30. The van der Waals surface area contributed by atoms with Crippen LogP contribution >= 0.6 is 0 Å². The Balaban J connectivity index is 1.78. The number of benzene rings is 1. The highest BCUT2D eigenvalue weighted by Crippen LogP contribution is 2.33. The predicted octanol–water partition coefficient (Wildman–Crippen LogP) is 2.57. The van der Waals surface area contributed by atoms with Crippen molar-refractivity contribution in [3.63, 3.8) is 0 Å². The second-order valence-corrected chi connectivity index (χ2v) is 6.97. The van der Waals surface area contributed by atoms with Gasteiger partial charge in [0, 0.05) is 37.6 Å². The topological polar surface area (TPSA) is 58.6 Å². The first kappa shape index (κ1) is 16.6. The number of piperidine rings is 1. The van der Waals surface area contributed by atoms with Crippen LogP contribution in [0, 0.1) is 5.92 Å². The Morgan fingerprint density at radius 3 is 2.58 bits per heavy atom. The maximum atomic E-state index is 12.7. The minimum absolute atomic E-state index is 0.0204. The number of allylic oxidation sites excluding steroid dienone is 1. The average molecular weight is 328 g/mol. The van der Waals surface area contributed by atoms with E-state index in [0.29, 0.717) is 13.1 Å². The summed E-state index contributed by atoms with van der Waals surface area (Å²) in [5.41, 5.74) is 1.16. The van der Waals surface area contributed by atoms with E-state index in [4.69, 9.17) is 4.74 Å². The molecule has 5 nitrogen and oxygen atoms in total. The number of rotatable bonds is 2. The van der Waals surface area contributed by atoms with E-state index in [1.165, 1.54) is 0 Å². The lowest BCUT2D eigenvalue weighted by molar-refractivity contribution is -0.132. The summed E-state index contributed by atoms with van der Waals surface area (Å²) in [6.45, 7) is 6.77. The van der Waals surface area contributed by atoms with Crippen LogP contribution < -0.4 is 10.1 Å². The van der Waals surface area contributed by atoms with E-state index in [1.807, 2.05) is 43.0 Å². The molecule has 0 aromatic heterocycles. The summed E-state index contributed by atoms with van der Waals surface area (Å²) in [6.07, 6.45) is 3.16. The van der Waals surface area contributed by atoms with Crippen LogP contribution in [0.15, 0.2) is 30.3 Å². The van der Waals surface area contributed by atoms with Crippen LogP contribution in [0.25, 0.3) is 5.70 Å². The van der Waals surface area contributed by atoms with Crippen LogP contribution in [-0.2, 0) is 9.59 Å². The molecule has 1 saturated heterocycles. The third kappa shape index (κ3) is 3.45. The molecule has 2 aliphatic rings. The number of amides is 1. The van der Waals surface area contributed by atoms with Crippen LogP contribution in [0.5, 0.6) is 5.75 Å². The van der Waals surface area contributed by atoms with E-state index in [9.17, 15) is 9.59 Å². The van der Waals surface area contributed by atoms with Gasteiger partial charge in [-0.1, -0.05) is 12.1 Å². The minimum atomic E-state index is -0.557. The largest absolute Gasteiger partial charge is 0.468 e. The molecule has 0 saturated carbocycles. The summed E-state index contributed by atoms with van der Waals surface area (Å²) < 4.78 is 5.91. The number of nitrogens with zero attached hydrogens (tertiary/aromatic N) is 1. The van der Waals surface area contributed by atoms with Crippen molar-refractivity contribution >= 4 is 17.4 Å². The summed E-state index contributed by atoms with van der Waals surface area (Å²) in [6, 6.07) is 7.74. The standard InChI is InChI=1S/C19H24N2O3/c1-13(22)21-10-8-14(9-11-21)17(23)12-16-15-6-4-5-7-18(15)24-19(2,3)20-16/h4-7,12,14,20H,8-11H2,1-3H3/b16-12+. The zero-order chi connectivity index (χ0) is 17.3. The Labute approximate surface area is 142 Å². The molecule has 0 radical (unpaired) electrons. The van der Waals surface area contributed by atoms with Gasteiger partial charge in [0.05, 0.1) is 5.70 Å². The van der Waals surface area contributed by atoms with E-state index in [0.717, 1.165) is 29.9 Å². The molecule has 0 unspecified atom stereocenters. The zero-order valence-electron chi connectivity index (χ0n) is 14.5. The van der Waals surface area contributed by atoms with Crippen molar-refractivity contribution in [3.8, 4) is 5.75 Å². The molecule has 0 atom stereocenters. The number of nitrogens with one attached hydrogen (secondary N) is 1. The SMILES string of the molecule is CC(=O)N1CCC(C(=O)/C=C2/NC(C)(C)Oc3ccccc32)CC1. The average Bonchev–Trinajstić information content (AvgIpc) is 2.53. The number of ketones is 1. The summed E-state index contributed by atoms with van der Waals surface area (Å²) >= 11 is 0. The summed E-state index contributed by atoms with van der Waals surface area (Å²) in [7, 11) is 0. The lowest BCUT2D eigenvalue weighted by Gasteiger charge is -2.36. The van der Waals surface area contributed by atoms with Crippen LogP contribution in [0.4, 0.5) is 0 Å². The van der Waals surface area contributed by atoms with E-state index in [2.05, 4.69) is 5.32 Å². The fraction of sp³-hybridized carbons (Fsp3) is 0.474. The highest BCUT2D eigenvalue weighted by atomic mass is 16.5. The summed E-state index contributed by atoms with van der Waals surface area (Å²) in [5.74, 6) is 0.967. The molecule has 0 spiro atoms. The van der Waals surface area contributed by atoms with Gasteiger partial charge in [0.1, 0.15) is 5.75 Å². The molecule has 5 heteroatoms. The van der Waals surface area contributed by atoms with Gasteiger partial charge in [-0.3, -0.25) is 9.59 Å². The number of para-hydroxylation sites is 1. The Morgan fingerprint density at radius 1 is 1.25 bits per heavy atom. The van der Waals surface area contributed by atoms with Crippen molar-refractivity contribution in [2.24, 2.45) is 5.92 Å². The summed E-state index contributed by atoms with van der Waals surface area (Å²) in [4.78, 5) is 25.9. The zero-order valence-corrected chi connectivity index (χ0v) is 14.5. The first-order valence-corrected chi connectivity index (χ1v) is 8.43. The Morgan fingerprint density at radius 2 is 1.92 bits per heavy atom. The molecule has 0 aliphatic carbocycles. The lowest BCUT2D eigenvalue weighted by atomic mass is 9.91. The number of carbonyl (C=O) groups is 2. The van der Waals surface area contributed by atoms with Gasteiger partial charge in [0.2, 0.25) is 5.91 Å². The van der Waals surface area contributed by atoms with Gasteiger partial charge in [-0.2, -0.15) is 0 Å². The van der Waals surface area contributed by atoms with Gasteiger partial charge in [-0.25, -0.2) is 0 Å². The number of hydrogen-bond acceptors (Lipinski definition) is 4. The van der Waals surface area contributed by atoms with Crippen LogP contribution in [-0.4, -0.2) is 35.4 Å². The number of fused-ring (bicyclic) bond motifs is 1. The second kappa shape index (κ2) is 6.30. The molecule has 128 valence electrons. The van der Waals surface area contributed by atoms with E-state index in [1.54, 1.807) is 13.0 Å². The first-order chi connectivity index (χ1) is 11.4. The fourth-order valence-corrected chi connectivity index (χ4v) is 3.32. The molecule has 24 heavy (non-hydrogen) atoms. The molecule has 0 bridgehead atoms. The van der Waals surface area contributed by atoms with Gasteiger partial charge >= 0.3 is 0 Å². The first-order valence-electron chi connectivity index (χ1n) is 8.43. The normalized spacial score (nSPS) is 21.6. The second-order valence-electron chi connectivity index (χ2n) is 6.97. The number of hydrogen-bond donors (Lipinski definition) is 1. The Kier molecular flexibility index (Phi) is 4.35. The predicted molar refractivity (Wildman–Crippen MR) is 92.2 cm³/mol. The lowest BCUT2D eigenvalue weighted by Crippen LogP contribution is -2.47. The van der Waals surface area contributed by atoms with Crippen molar-refractivity contribution < 1.29 is 14.3 Å². The molecule has 1 N–H and O–H groups in total. The van der Waals surface area contributed by atoms with E-state index in [-0.39, 0.29) is 17.6 Å². The quantitative estimate of drug-likeness (QED) is 0.848. The van der Waals surface area contributed by atoms with Crippen LogP contribution in [0.2, 0.25) is 0 Å². The molecule has 2 heterocycles. The molecule has 1 fully saturated rings. The molecule has 1 aromatic carbocycles. The van der Waals surface area contributed by atoms with Gasteiger partial charge in [-0.05, 0) is 38.8 Å². The molecule has 1 aromatic rings. The van der Waals surface area contributed by atoms with E-state index >= 15 is 0 Å². The number of ether oxygens (including phenoxy) is 1. The number of likely N-dealkylation sites (tertiary alicyclic amines) is 1. The van der Waals surface area contributed by atoms with E-state index < -0.39 is 5.72 Å². The Bertz CT molecular complexity index is 686. The van der Waals surface area contributed by atoms with Crippen molar-refractivity contribution in [2.45, 2.75) is 39.3 Å². The van der Waals surface area contributed by atoms with Gasteiger partial charge in [-0.15, -0.1) is 0 Å². The van der Waals surface area contributed by atoms with Crippen molar-refractivity contribution in [1.29, 1.82) is 0 Å². The maximum absolute atomic E-state index is 12.7. The number of carbonyl (C=O) groups excluding carboxylic acids is 2. The van der Waals surface area contributed by atoms with Crippen molar-refractivity contribution in [1.82, 2.24) is 10.2 Å². The molecule has 2 aliphatic heterocycles. The third-order valence-electron chi connectivity index (χ3n) is 4.61. The van der Waals surface area contributed by atoms with Crippen molar-refractivity contribution in [3.05, 3.63) is 35.9 Å². The van der Waals surface area contributed by atoms with Crippen LogP contribution in [0.3, 0.4) is 0 Å². The summed E-state index contributed by atoms with van der Waals surface area (Å²) in [5, 5.41) is 3.30. The van der Waals surface area contributed by atoms with Crippen LogP contribution in [0.1, 0.15) is 39.2 Å². The monoisotopic (exact) mass is 328 g/mol.